The lowest BCUT2D eigenvalue weighted by Crippen LogP contribution is -2.04. The van der Waals surface area contributed by atoms with Gasteiger partial charge in [-0.15, -0.1) is 0 Å². The van der Waals surface area contributed by atoms with Crippen LogP contribution in [-0.2, 0) is 0 Å². The Hall–Kier alpha value is -8.19. The van der Waals surface area contributed by atoms with Crippen molar-refractivity contribution in [3.8, 4) is 45.5 Å². The first-order valence-electron chi connectivity index (χ1n) is 21.1. The number of nitrogens with zero attached hydrogens (tertiary/aromatic N) is 6. The van der Waals surface area contributed by atoms with Gasteiger partial charge in [0.15, 0.2) is 0 Å². The van der Waals surface area contributed by atoms with Crippen molar-refractivity contribution >= 4 is 77.3 Å². The van der Waals surface area contributed by atoms with E-state index in [4.69, 9.17) is 21.6 Å². The van der Waals surface area contributed by atoms with Crippen LogP contribution in [0.25, 0.3) is 111 Å². The van der Waals surface area contributed by atoms with Gasteiger partial charge in [-0.2, -0.15) is 0 Å². The number of rotatable bonds is 6. The molecular weight excluding hydrogens is 792 g/mol. The first kappa shape index (κ1) is 35.6. The minimum Gasteiger partial charge on any atom is -0.307 e. The molecule has 4 heterocycles. The molecule has 0 aliphatic heterocycles. The molecule has 0 aliphatic rings. The lowest BCUT2D eigenvalue weighted by Gasteiger charge is -2.17. The SMILES string of the molecule is Clc1c(-n2c(-c3ccccc3)nc3c2ccc2c4ccccc4n(-c4ccccc4)c23)cccc1-n1c(-c2ccccc2)nc2c1ccc1c3ccccc3n(-c3ccccc3)c12. The van der Waals surface area contributed by atoms with E-state index < -0.39 is 0 Å². The van der Waals surface area contributed by atoms with Gasteiger partial charge in [0.25, 0.3) is 0 Å². The van der Waals surface area contributed by atoms with Crippen molar-refractivity contribution in [2.45, 2.75) is 0 Å². The summed E-state index contributed by atoms with van der Waals surface area (Å²) >= 11 is 7.92. The third kappa shape index (κ3) is 5.25. The highest BCUT2D eigenvalue weighted by atomic mass is 35.5. The summed E-state index contributed by atoms with van der Waals surface area (Å²) in [6.07, 6.45) is 0. The monoisotopic (exact) mass is 826 g/mol. The predicted octanol–water partition coefficient (Wildman–Crippen LogP) is 14.5. The van der Waals surface area contributed by atoms with E-state index in [1.165, 1.54) is 10.8 Å². The normalized spacial score (nSPS) is 11.9. The third-order valence-corrected chi connectivity index (χ3v) is 12.8. The van der Waals surface area contributed by atoms with Crippen LogP contribution in [-0.4, -0.2) is 28.2 Å². The van der Waals surface area contributed by atoms with Crippen molar-refractivity contribution in [1.82, 2.24) is 28.2 Å². The quantitative estimate of drug-likeness (QED) is 0.168. The number of para-hydroxylation sites is 4. The van der Waals surface area contributed by atoms with Gasteiger partial charge >= 0.3 is 0 Å². The molecule has 13 rings (SSSR count). The lowest BCUT2D eigenvalue weighted by molar-refractivity contribution is 1.07. The van der Waals surface area contributed by atoms with E-state index in [0.717, 1.165) is 100 Å². The molecule has 0 saturated heterocycles. The number of fused-ring (bicyclic) bond motifs is 10. The molecule has 13 aromatic rings. The molecule has 0 radical (unpaired) electrons. The van der Waals surface area contributed by atoms with Gasteiger partial charge in [-0.25, -0.2) is 9.97 Å². The van der Waals surface area contributed by atoms with E-state index in [9.17, 15) is 0 Å². The lowest BCUT2D eigenvalue weighted by atomic mass is 10.1. The molecule has 0 N–H and O–H groups in total. The summed E-state index contributed by atoms with van der Waals surface area (Å²) in [5.74, 6) is 1.60. The molecule has 63 heavy (non-hydrogen) atoms. The number of hydrogen-bond acceptors (Lipinski definition) is 2. The van der Waals surface area contributed by atoms with Gasteiger partial charge in [-0.05, 0) is 72.8 Å². The van der Waals surface area contributed by atoms with Crippen LogP contribution >= 0.6 is 11.6 Å². The number of benzene rings is 9. The van der Waals surface area contributed by atoms with E-state index in [1.54, 1.807) is 0 Å². The molecule has 0 aliphatic carbocycles. The maximum atomic E-state index is 7.92. The van der Waals surface area contributed by atoms with Gasteiger partial charge in [0.05, 0.1) is 49.5 Å². The zero-order chi connectivity index (χ0) is 41.6. The van der Waals surface area contributed by atoms with Gasteiger partial charge in [0, 0.05) is 44.0 Å². The van der Waals surface area contributed by atoms with Crippen LogP contribution in [0.5, 0.6) is 0 Å². The van der Waals surface area contributed by atoms with E-state index in [-0.39, 0.29) is 0 Å². The first-order chi connectivity index (χ1) is 31.2. The molecule has 0 amide bonds. The third-order valence-electron chi connectivity index (χ3n) is 12.5. The van der Waals surface area contributed by atoms with Crippen molar-refractivity contribution in [2.24, 2.45) is 0 Å². The Morgan fingerprint density at radius 3 is 1.11 bits per heavy atom. The van der Waals surface area contributed by atoms with Gasteiger partial charge in [0.1, 0.15) is 22.7 Å². The van der Waals surface area contributed by atoms with Crippen molar-refractivity contribution < 1.29 is 0 Å². The standard InChI is InChI=1S/C56H35ClN6/c57-50-46(62-48-34-32-42-40-26-13-15-28-44(40)60(38-22-9-3-10-23-38)53(42)51(48)58-55(62)36-18-5-1-6-19-36)30-17-31-47(50)63-49-35-33-43-41-27-14-16-29-45(41)61(39-24-11-4-12-25-39)54(43)52(49)59-56(63)37-20-7-2-8-21-37/h1-35H. The maximum absolute atomic E-state index is 7.92. The van der Waals surface area contributed by atoms with E-state index in [2.05, 4.69) is 218 Å². The molecule has 6 nitrogen and oxygen atoms in total. The van der Waals surface area contributed by atoms with Crippen LogP contribution in [0.4, 0.5) is 0 Å². The molecule has 0 spiro atoms. The maximum Gasteiger partial charge on any atom is 0.145 e. The van der Waals surface area contributed by atoms with Crippen LogP contribution in [0.15, 0.2) is 212 Å². The summed E-state index contributed by atoms with van der Waals surface area (Å²) in [6.45, 7) is 0. The summed E-state index contributed by atoms with van der Waals surface area (Å²) < 4.78 is 9.15. The molecule has 0 unspecified atom stereocenters. The van der Waals surface area contributed by atoms with Crippen molar-refractivity contribution in [3.05, 3.63) is 217 Å². The molecule has 7 heteroatoms. The Morgan fingerprint density at radius 2 is 0.683 bits per heavy atom. The number of hydrogen-bond donors (Lipinski definition) is 0. The molecule has 0 fully saturated rings. The fourth-order valence-corrected chi connectivity index (χ4v) is 10.1. The Kier molecular flexibility index (Phi) is 7.86. The molecule has 296 valence electrons. The van der Waals surface area contributed by atoms with Crippen LogP contribution in [0, 0.1) is 0 Å². The first-order valence-corrected chi connectivity index (χ1v) is 21.5. The minimum atomic E-state index is 0.581. The summed E-state index contributed by atoms with van der Waals surface area (Å²) in [7, 11) is 0. The highest BCUT2D eigenvalue weighted by molar-refractivity contribution is 6.34. The van der Waals surface area contributed by atoms with Crippen LogP contribution in [0.2, 0.25) is 5.02 Å². The Labute approximate surface area is 366 Å². The Morgan fingerprint density at radius 1 is 0.302 bits per heavy atom. The fraction of sp³-hybridized carbons (Fsp3) is 0. The van der Waals surface area contributed by atoms with Gasteiger partial charge in [0.2, 0.25) is 0 Å². The number of aromatic nitrogens is 6. The summed E-state index contributed by atoms with van der Waals surface area (Å²) in [5, 5.41) is 5.22. The second kappa shape index (κ2) is 13.9. The van der Waals surface area contributed by atoms with Gasteiger partial charge in [-0.1, -0.05) is 151 Å². The highest BCUT2D eigenvalue weighted by Crippen LogP contribution is 2.44. The zero-order valence-electron chi connectivity index (χ0n) is 33.8. The fourth-order valence-electron chi connectivity index (χ4n) is 9.77. The largest absolute Gasteiger partial charge is 0.307 e. The molecule has 0 atom stereocenters. The summed E-state index contributed by atoms with van der Waals surface area (Å²) in [6, 6.07) is 74.3. The Bertz CT molecular complexity index is 3650. The predicted molar refractivity (Wildman–Crippen MR) is 260 cm³/mol. The molecule has 0 saturated carbocycles. The topological polar surface area (TPSA) is 45.5 Å². The molecule has 0 bridgehead atoms. The van der Waals surface area contributed by atoms with E-state index in [0.29, 0.717) is 5.02 Å². The molecule has 9 aromatic carbocycles. The van der Waals surface area contributed by atoms with E-state index >= 15 is 0 Å². The molecular formula is C56H35ClN6. The van der Waals surface area contributed by atoms with Crippen molar-refractivity contribution in [3.63, 3.8) is 0 Å². The van der Waals surface area contributed by atoms with Crippen molar-refractivity contribution in [2.75, 3.05) is 0 Å². The Balaban J connectivity index is 1.12. The average molecular weight is 827 g/mol. The van der Waals surface area contributed by atoms with Crippen LogP contribution in [0.3, 0.4) is 0 Å². The van der Waals surface area contributed by atoms with Gasteiger partial charge in [-0.3, -0.25) is 9.13 Å². The minimum absolute atomic E-state index is 0.581. The van der Waals surface area contributed by atoms with Crippen LogP contribution in [0.1, 0.15) is 0 Å². The summed E-state index contributed by atoms with van der Waals surface area (Å²) in [5.41, 5.74) is 13.8. The van der Waals surface area contributed by atoms with Crippen molar-refractivity contribution in [1.29, 1.82) is 0 Å². The molecule has 4 aromatic heterocycles. The number of imidazole rings is 2. The van der Waals surface area contributed by atoms with Gasteiger partial charge < -0.3 is 9.13 Å². The highest BCUT2D eigenvalue weighted by Gasteiger charge is 2.26. The van der Waals surface area contributed by atoms with Crippen LogP contribution < -0.4 is 0 Å². The number of halogens is 1. The summed E-state index contributed by atoms with van der Waals surface area (Å²) in [4.78, 5) is 11.1. The second-order valence-electron chi connectivity index (χ2n) is 15.9. The van der Waals surface area contributed by atoms with E-state index in [1.807, 2.05) is 12.1 Å². The second-order valence-corrected chi connectivity index (χ2v) is 16.3. The average Bonchev–Trinajstić information content (AvgIpc) is 4.11. The smallest absolute Gasteiger partial charge is 0.145 e. The zero-order valence-corrected chi connectivity index (χ0v) is 34.5.